The van der Waals surface area contributed by atoms with E-state index in [4.69, 9.17) is 0 Å². The number of alkyl halides is 1. The van der Waals surface area contributed by atoms with Crippen LogP contribution in [0.15, 0.2) is 24.3 Å². The van der Waals surface area contributed by atoms with Crippen LogP contribution in [0.5, 0.6) is 0 Å². The van der Waals surface area contributed by atoms with Gasteiger partial charge < -0.3 is 4.90 Å². The van der Waals surface area contributed by atoms with Crippen molar-refractivity contribution in [1.82, 2.24) is 4.90 Å². The number of Topliss-reactive ketones (excluding diaryl/α,β-unsaturated/α-hetero) is 1. The SMILES string of the molecule is CCN(CC)C(=O)CCC(=O)c1cccc(CF)c1. The van der Waals surface area contributed by atoms with Gasteiger partial charge in [0.2, 0.25) is 5.91 Å². The predicted molar refractivity (Wildman–Crippen MR) is 72.7 cm³/mol. The van der Waals surface area contributed by atoms with Gasteiger partial charge in [-0.3, -0.25) is 9.59 Å². The highest BCUT2D eigenvalue weighted by Gasteiger charge is 2.13. The number of benzene rings is 1. The van der Waals surface area contributed by atoms with E-state index < -0.39 is 6.67 Å². The van der Waals surface area contributed by atoms with Gasteiger partial charge in [0.05, 0.1) is 0 Å². The van der Waals surface area contributed by atoms with Crippen LogP contribution in [0.4, 0.5) is 4.39 Å². The molecule has 1 aromatic carbocycles. The fraction of sp³-hybridized carbons (Fsp3) is 0.467. The summed E-state index contributed by atoms with van der Waals surface area (Å²) in [4.78, 5) is 25.4. The molecular weight excluding hydrogens is 245 g/mol. The molecule has 0 aliphatic carbocycles. The summed E-state index contributed by atoms with van der Waals surface area (Å²) in [6.07, 6.45) is 0.380. The Morgan fingerprint density at radius 1 is 1.16 bits per heavy atom. The van der Waals surface area contributed by atoms with E-state index in [1.807, 2.05) is 13.8 Å². The van der Waals surface area contributed by atoms with Gasteiger partial charge in [0, 0.05) is 31.5 Å². The predicted octanol–water partition coefficient (Wildman–Crippen LogP) is 2.99. The zero-order chi connectivity index (χ0) is 14.3. The van der Waals surface area contributed by atoms with Crippen LogP contribution < -0.4 is 0 Å². The van der Waals surface area contributed by atoms with Crippen LogP contribution in [0.3, 0.4) is 0 Å². The van der Waals surface area contributed by atoms with E-state index in [1.54, 1.807) is 29.2 Å². The summed E-state index contributed by atoms with van der Waals surface area (Å²) in [5.74, 6) is -0.129. The first-order valence-corrected chi connectivity index (χ1v) is 6.58. The largest absolute Gasteiger partial charge is 0.343 e. The highest BCUT2D eigenvalue weighted by Crippen LogP contribution is 2.11. The number of hydrogen-bond donors (Lipinski definition) is 0. The second-order valence-corrected chi connectivity index (χ2v) is 4.32. The lowest BCUT2D eigenvalue weighted by Crippen LogP contribution is -2.30. The Kier molecular flexibility index (Phi) is 6.19. The monoisotopic (exact) mass is 265 g/mol. The maximum Gasteiger partial charge on any atom is 0.223 e. The van der Waals surface area contributed by atoms with Crippen LogP contribution in [0, 0.1) is 0 Å². The average molecular weight is 265 g/mol. The molecule has 3 nitrogen and oxygen atoms in total. The smallest absolute Gasteiger partial charge is 0.223 e. The summed E-state index contributed by atoms with van der Waals surface area (Å²) >= 11 is 0. The first-order chi connectivity index (χ1) is 9.12. The summed E-state index contributed by atoms with van der Waals surface area (Å²) in [6.45, 7) is 4.54. The number of carbonyl (C=O) groups excluding carboxylic acids is 2. The van der Waals surface area contributed by atoms with Crippen molar-refractivity contribution in [1.29, 1.82) is 0 Å². The highest BCUT2D eigenvalue weighted by atomic mass is 19.1. The van der Waals surface area contributed by atoms with Crippen LogP contribution in [0.1, 0.15) is 42.6 Å². The third kappa shape index (κ3) is 4.47. The molecular formula is C15H20FNO2. The average Bonchev–Trinajstić information content (AvgIpc) is 2.46. The summed E-state index contributed by atoms with van der Waals surface area (Å²) in [5, 5.41) is 0. The van der Waals surface area contributed by atoms with Gasteiger partial charge in [-0.2, -0.15) is 0 Å². The quantitative estimate of drug-likeness (QED) is 0.711. The molecule has 19 heavy (non-hydrogen) atoms. The first-order valence-electron chi connectivity index (χ1n) is 6.58. The molecule has 0 spiro atoms. The number of nitrogens with zero attached hydrogens (tertiary/aromatic N) is 1. The molecule has 0 unspecified atom stereocenters. The number of hydrogen-bond acceptors (Lipinski definition) is 2. The molecule has 4 heteroatoms. The van der Waals surface area contributed by atoms with E-state index in [9.17, 15) is 14.0 Å². The minimum absolute atomic E-state index is 0.0139. The van der Waals surface area contributed by atoms with E-state index in [-0.39, 0.29) is 24.5 Å². The minimum Gasteiger partial charge on any atom is -0.343 e. The van der Waals surface area contributed by atoms with Gasteiger partial charge in [-0.05, 0) is 25.5 Å². The zero-order valence-corrected chi connectivity index (χ0v) is 11.5. The molecule has 0 heterocycles. The molecule has 1 rings (SSSR count). The van der Waals surface area contributed by atoms with Crippen LogP contribution in [-0.2, 0) is 11.5 Å². The molecule has 0 aliphatic heterocycles. The van der Waals surface area contributed by atoms with Gasteiger partial charge in [0.25, 0.3) is 0 Å². The van der Waals surface area contributed by atoms with Crippen LogP contribution >= 0.6 is 0 Å². The summed E-state index contributed by atoms with van der Waals surface area (Å²) < 4.78 is 12.5. The lowest BCUT2D eigenvalue weighted by molar-refractivity contribution is -0.130. The maximum atomic E-state index is 12.5. The lowest BCUT2D eigenvalue weighted by atomic mass is 10.0. The van der Waals surface area contributed by atoms with Crippen LogP contribution in [0.25, 0.3) is 0 Å². The molecule has 0 fully saturated rings. The van der Waals surface area contributed by atoms with Crippen molar-refractivity contribution in [3.05, 3.63) is 35.4 Å². The standard InChI is InChI=1S/C15H20FNO2/c1-3-17(4-2)15(19)9-8-14(18)13-7-5-6-12(10-13)11-16/h5-7,10H,3-4,8-9,11H2,1-2H3. The van der Waals surface area contributed by atoms with Crippen molar-refractivity contribution in [2.75, 3.05) is 13.1 Å². The van der Waals surface area contributed by atoms with E-state index in [0.29, 0.717) is 24.2 Å². The van der Waals surface area contributed by atoms with Crippen molar-refractivity contribution in [2.24, 2.45) is 0 Å². The van der Waals surface area contributed by atoms with Gasteiger partial charge in [0.1, 0.15) is 6.67 Å². The Bertz CT molecular complexity index is 442. The number of halogens is 1. The fourth-order valence-corrected chi connectivity index (χ4v) is 1.93. The number of ketones is 1. The van der Waals surface area contributed by atoms with Crippen molar-refractivity contribution < 1.29 is 14.0 Å². The molecule has 0 aliphatic rings. The zero-order valence-electron chi connectivity index (χ0n) is 11.5. The summed E-state index contributed by atoms with van der Waals surface area (Å²) in [7, 11) is 0. The van der Waals surface area contributed by atoms with Crippen LogP contribution in [0.2, 0.25) is 0 Å². The minimum atomic E-state index is -0.584. The van der Waals surface area contributed by atoms with E-state index >= 15 is 0 Å². The second-order valence-electron chi connectivity index (χ2n) is 4.32. The van der Waals surface area contributed by atoms with Gasteiger partial charge in [-0.15, -0.1) is 0 Å². The Hall–Kier alpha value is -1.71. The number of carbonyl (C=O) groups is 2. The molecule has 104 valence electrons. The van der Waals surface area contributed by atoms with E-state index in [0.717, 1.165) is 0 Å². The van der Waals surface area contributed by atoms with E-state index in [1.165, 1.54) is 0 Å². The lowest BCUT2D eigenvalue weighted by Gasteiger charge is -2.18. The molecule has 1 amide bonds. The van der Waals surface area contributed by atoms with Crippen molar-refractivity contribution >= 4 is 11.7 Å². The van der Waals surface area contributed by atoms with Crippen molar-refractivity contribution in [3.8, 4) is 0 Å². The molecule has 0 aromatic heterocycles. The van der Waals surface area contributed by atoms with E-state index in [2.05, 4.69) is 0 Å². The summed E-state index contributed by atoms with van der Waals surface area (Å²) in [5.41, 5.74) is 0.961. The van der Waals surface area contributed by atoms with Gasteiger partial charge in [-0.25, -0.2) is 4.39 Å². The molecule has 0 N–H and O–H groups in total. The molecule has 0 saturated carbocycles. The fourth-order valence-electron chi connectivity index (χ4n) is 1.93. The Morgan fingerprint density at radius 3 is 2.42 bits per heavy atom. The van der Waals surface area contributed by atoms with Crippen LogP contribution in [-0.4, -0.2) is 29.7 Å². The highest BCUT2D eigenvalue weighted by molar-refractivity contribution is 5.98. The normalized spacial score (nSPS) is 10.3. The van der Waals surface area contributed by atoms with Gasteiger partial charge in [0.15, 0.2) is 5.78 Å². The van der Waals surface area contributed by atoms with Gasteiger partial charge >= 0.3 is 0 Å². The van der Waals surface area contributed by atoms with Gasteiger partial charge in [-0.1, -0.05) is 18.2 Å². The second kappa shape index (κ2) is 7.67. The molecule has 0 radical (unpaired) electrons. The molecule has 0 atom stereocenters. The molecule has 0 bridgehead atoms. The summed E-state index contributed by atoms with van der Waals surface area (Å²) in [6, 6.07) is 6.50. The van der Waals surface area contributed by atoms with Crippen molar-refractivity contribution in [2.45, 2.75) is 33.4 Å². The van der Waals surface area contributed by atoms with Crippen molar-refractivity contribution in [3.63, 3.8) is 0 Å². The maximum absolute atomic E-state index is 12.5. The Labute approximate surface area is 113 Å². The number of amides is 1. The Balaban J connectivity index is 2.57. The molecule has 0 saturated heterocycles. The number of rotatable bonds is 7. The topological polar surface area (TPSA) is 37.4 Å². The Morgan fingerprint density at radius 2 is 1.84 bits per heavy atom. The molecule has 1 aromatic rings. The third-order valence-corrected chi connectivity index (χ3v) is 3.09. The third-order valence-electron chi connectivity index (χ3n) is 3.09. The first kappa shape index (κ1) is 15.3.